The SMILES string of the molecule is C[C@H]1CC=C[C@@H](O)[C@@H](O)CCC=Cc2cc(O[Si](C)(C)C)cc(O[Si](C)(C)C)c2C(=O)O1. The number of carbonyl (C=O) groups excluding carboxylic acids is 1. The van der Waals surface area contributed by atoms with Crippen molar-refractivity contribution in [3.05, 3.63) is 41.5 Å². The number of cyclic esters (lactones) is 1. The first-order valence-corrected chi connectivity index (χ1v) is 18.0. The molecule has 0 radical (unpaired) electrons. The Balaban J connectivity index is 2.58. The third-order valence-corrected chi connectivity index (χ3v) is 6.26. The number of aliphatic hydroxyl groups is 2. The van der Waals surface area contributed by atoms with Crippen molar-refractivity contribution in [1.82, 2.24) is 0 Å². The molecule has 0 aliphatic carbocycles. The van der Waals surface area contributed by atoms with Crippen LogP contribution in [-0.4, -0.2) is 51.1 Å². The van der Waals surface area contributed by atoms with Crippen LogP contribution in [0.25, 0.3) is 6.08 Å². The molecular formula is C24H38O6Si2. The van der Waals surface area contributed by atoms with Crippen LogP contribution in [0, 0.1) is 0 Å². The fourth-order valence-corrected chi connectivity index (χ4v) is 4.90. The lowest BCUT2D eigenvalue weighted by Gasteiger charge is -2.26. The van der Waals surface area contributed by atoms with Gasteiger partial charge in [0.1, 0.15) is 23.2 Å². The van der Waals surface area contributed by atoms with E-state index in [0.717, 1.165) is 0 Å². The Morgan fingerprint density at radius 1 is 1.00 bits per heavy atom. The van der Waals surface area contributed by atoms with E-state index >= 15 is 0 Å². The second kappa shape index (κ2) is 10.8. The Kier molecular flexibility index (Phi) is 8.93. The molecule has 1 aromatic rings. The number of carbonyl (C=O) groups is 1. The van der Waals surface area contributed by atoms with Crippen LogP contribution in [0.2, 0.25) is 39.3 Å². The number of allylic oxidation sites excluding steroid dienone is 1. The third-order valence-electron chi connectivity index (χ3n) is 4.58. The summed E-state index contributed by atoms with van der Waals surface area (Å²) in [5.41, 5.74) is 1.05. The second-order valence-corrected chi connectivity index (χ2v) is 19.1. The molecule has 2 N–H and O–H groups in total. The standard InChI is InChI=1S/C24H38O6Si2/c1-17-11-10-14-21(26)20(25)13-9-8-12-18-15-19(29-31(2,3)4)16-22(30-32(5,6)7)23(18)24(27)28-17/h8,10,12,14-17,20-21,25-26H,9,11,13H2,1-7H3/t17-,20-,21+/m0/s1. The van der Waals surface area contributed by atoms with Crippen molar-refractivity contribution < 1.29 is 28.6 Å². The minimum absolute atomic E-state index is 0.389. The summed E-state index contributed by atoms with van der Waals surface area (Å²) in [6.07, 6.45) is 6.19. The molecule has 178 valence electrons. The summed E-state index contributed by atoms with van der Waals surface area (Å²) >= 11 is 0. The summed E-state index contributed by atoms with van der Waals surface area (Å²) in [5.74, 6) is 0.701. The van der Waals surface area contributed by atoms with Gasteiger partial charge in [0.05, 0.1) is 12.2 Å². The third kappa shape index (κ3) is 8.57. The van der Waals surface area contributed by atoms with Gasteiger partial charge in [0.2, 0.25) is 16.6 Å². The highest BCUT2D eigenvalue weighted by molar-refractivity contribution is 6.71. The molecule has 0 saturated heterocycles. The Morgan fingerprint density at radius 3 is 2.28 bits per heavy atom. The van der Waals surface area contributed by atoms with Crippen LogP contribution >= 0.6 is 0 Å². The molecule has 0 amide bonds. The van der Waals surface area contributed by atoms with Gasteiger partial charge in [0.15, 0.2) is 0 Å². The van der Waals surface area contributed by atoms with Crippen molar-refractivity contribution in [2.75, 3.05) is 0 Å². The summed E-state index contributed by atoms with van der Waals surface area (Å²) in [5, 5.41) is 20.3. The predicted molar refractivity (Wildman–Crippen MR) is 133 cm³/mol. The number of hydrogen-bond acceptors (Lipinski definition) is 6. The summed E-state index contributed by atoms with van der Waals surface area (Å²) in [6, 6.07) is 3.66. The number of hydrogen-bond donors (Lipinski definition) is 2. The first-order valence-electron chi connectivity index (χ1n) is 11.2. The molecule has 32 heavy (non-hydrogen) atoms. The van der Waals surface area contributed by atoms with Crippen molar-refractivity contribution in [3.8, 4) is 11.5 Å². The number of aliphatic hydroxyl groups excluding tert-OH is 2. The van der Waals surface area contributed by atoms with Crippen molar-refractivity contribution in [3.63, 3.8) is 0 Å². The maximum Gasteiger partial charge on any atom is 0.342 e. The lowest BCUT2D eigenvalue weighted by Crippen LogP contribution is -2.31. The molecule has 0 saturated carbocycles. The van der Waals surface area contributed by atoms with Gasteiger partial charge >= 0.3 is 5.97 Å². The number of ether oxygens (including phenoxy) is 1. The quantitative estimate of drug-likeness (QED) is 0.354. The van der Waals surface area contributed by atoms with E-state index in [1.54, 1.807) is 25.1 Å². The summed E-state index contributed by atoms with van der Waals surface area (Å²) in [7, 11) is -3.92. The van der Waals surface area contributed by atoms with Crippen molar-refractivity contribution in [2.45, 2.75) is 83.8 Å². The molecule has 6 nitrogen and oxygen atoms in total. The van der Waals surface area contributed by atoms with Crippen molar-refractivity contribution in [1.29, 1.82) is 0 Å². The fraction of sp³-hybridized carbons (Fsp3) is 0.542. The smallest absolute Gasteiger partial charge is 0.342 e. The molecule has 1 aliphatic rings. The van der Waals surface area contributed by atoms with E-state index in [-0.39, 0.29) is 0 Å². The zero-order chi connectivity index (χ0) is 24.1. The van der Waals surface area contributed by atoms with Crippen LogP contribution in [0.15, 0.2) is 30.4 Å². The maximum absolute atomic E-state index is 13.2. The molecule has 0 bridgehead atoms. The van der Waals surface area contributed by atoms with E-state index in [1.165, 1.54) is 0 Å². The largest absolute Gasteiger partial charge is 0.544 e. The summed E-state index contributed by atoms with van der Waals surface area (Å²) < 4.78 is 18.3. The van der Waals surface area contributed by atoms with Crippen LogP contribution in [0.5, 0.6) is 11.5 Å². The Labute approximate surface area is 194 Å². The van der Waals surface area contributed by atoms with E-state index in [2.05, 4.69) is 39.3 Å². The number of rotatable bonds is 4. The van der Waals surface area contributed by atoms with E-state index in [9.17, 15) is 15.0 Å². The lowest BCUT2D eigenvalue weighted by molar-refractivity contribution is 0.0338. The van der Waals surface area contributed by atoms with Gasteiger partial charge in [0, 0.05) is 12.5 Å². The maximum atomic E-state index is 13.2. The topological polar surface area (TPSA) is 85.2 Å². The van der Waals surface area contributed by atoms with Gasteiger partial charge < -0.3 is 23.8 Å². The first-order chi connectivity index (χ1) is 14.7. The lowest BCUT2D eigenvalue weighted by atomic mass is 10.0. The highest BCUT2D eigenvalue weighted by Gasteiger charge is 2.27. The Hall–Kier alpha value is -1.88. The van der Waals surface area contributed by atoms with Gasteiger partial charge in [-0.1, -0.05) is 24.3 Å². The van der Waals surface area contributed by atoms with Gasteiger partial charge in [-0.05, 0) is 70.7 Å². The molecular weight excluding hydrogens is 440 g/mol. The minimum atomic E-state index is -2.03. The number of benzene rings is 1. The van der Waals surface area contributed by atoms with Crippen LogP contribution < -0.4 is 8.85 Å². The number of esters is 1. The van der Waals surface area contributed by atoms with Crippen LogP contribution in [0.3, 0.4) is 0 Å². The van der Waals surface area contributed by atoms with E-state index in [0.29, 0.717) is 41.9 Å². The van der Waals surface area contributed by atoms with Gasteiger partial charge in [0.25, 0.3) is 0 Å². The van der Waals surface area contributed by atoms with Crippen LogP contribution in [0.1, 0.15) is 42.1 Å². The molecule has 0 aromatic heterocycles. The zero-order valence-corrected chi connectivity index (χ0v) is 22.3. The normalized spacial score (nSPS) is 23.2. The molecule has 3 atom stereocenters. The monoisotopic (exact) mass is 478 g/mol. The highest BCUT2D eigenvalue weighted by Crippen LogP contribution is 2.34. The van der Waals surface area contributed by atoms with Crippen molar-refractivity contribution >= 4 is 28.7 Å². The molecule has 1 aromatic carbocycles. The van der Waals surface area contributed by atoms with Crippen LogP contribution in [-0.2, 0) is 4.74 Å². The van der Waals surface area contributed by atoms with E-state index in [4.69, 9.17) is 13.6 Å². The van der Waals surface area contributed by atoms with E-state index in [1.807, 2.05) is 18.2 Å². The Morgan fingerprint density at radius 2 is 1.66 bits per heavy atom. The summed E-state index contributed by atoms with van der Waals surface area (Å²) in [6.45, 7) is 14.3. The molecule has 0 fully saturated rings. The predicted octanol–water partition coefficient (Wildman–Crippen LogP) is 5.13. The van der Waals surface area contributed by atoms with Gasteiger partial charge in [-0.15, -0.1) is 0 Å². The average Bonchev–Trinajstić information content (AvgIpc) is 2.61. The molecule has 0 spiro atoms. The van der Waals surface area contributed by atoms with Gasteiger partial charge in [-0.25, -0.2) is 4.79 Å². The van der Waals surface area contributed by atoms with Crippen LogP contribution in [0.4, 0.5) is 0 Å². The molecule has 0 unspecified atom stereocenters. The van der Waals surface area contributed by atoms with Gasteiger partial charge in [-0.3, -0.25) is 0 Å². The minimum Gasteiger partial charge on any atom is -0.544 e. The first kappa shape index (κ1) is 26.4. The Bertz CT molecular complexity index is 851. The summed E-state index contributed by atoms with van der Waals surface area (Å²) in [4.78, 5) is 13.2. The zero-order valence-electron chi connectivity index (χ0n) is 20.3. The molecule has 1 heterocycles. The average molecular weight is 479 g/mol. The fourth-order valence-electron chi connectivity index (χ4n) is 3.26. The van der Waals surface area contributed by atoms with Crippen molar-refractivity contribution in [2.24, 2.45) is 0 Å². The highest BCUT2D eigenvalue weighted by atomic mass is 28.4. The van der Waals surface area contributed by atoms with E-state index < -0.39 is 40.9 Å². The van der Waals surface area contributed by atoms with Gasteiger partial charge in [-0.2, -0.15) is 0 Å². The molecule has 2 rings (SSSR count). The second-order valence-electron chi connectivity index (χ2n) is 10.2. The molecule has 1 aliphatic heterocycles. The number of fused-ring (bicyclic) bond motifs is 1. The molecule has 8 heteroatoms.